The molecule has 0 saturated carbocycles. The molecule has 7 heavy (non-hydrogen) atoms. The Morgan fingerprint density at radius 3 is 2.29 bits per heavy atom. The van der Waals surface area contributed by atoms with Crippen LogP contribution in [-0.4, -0.2) is 27.1 Å². The summed E-state index contributed by atoms with van der Waals surface area (Å²) in [5.41, 5.74) is 0.236. The van der Waals surface area contributed by atoms with Gasteiger partial charge in [0, 0.05) is 0 Å². The molecule has 40 valence electrons. The zero-order valence-corrected chi connectivity index (χ0v) is 5.59. The van der Waals surface area contributed by atoms with Crippen molar-refractivity contribution in [2.24, 2.45) is 0 Å². The van der Waals surface area contributed by atoms with Crippen molar-refractivity contribution in [1.82, 2.24) is 0 Å². The van der Waals surface area contributed by atoms with E-state index in [1.807, 2.05) is 0 Å². The van der Waals surface area contributed by atoms with E-state index in [2.05, 4.69) is 22.6 Å². The van der Waals surface area contributed by atoms with Crippen LogP contribution in [0.25, 0.3) is 0 Å². The minimum atomic E-state index is -0.916. The molecule has 0 rings (SSSR count). The first-order valence-electron chi connectivity index (χ1n) is 1.70. The average Bonchev–Trinajstić information content (AvgIpc) is 1.65. The van der Waals surface area contributed by atoms with E-state index in [4.69, 9.17) is 5.11 Å². The van der Waals surface area contributed by atoms with Gasteiger partial charge < -0.3 is 0 Å². The van der Waals surface area contributed by atoms with Gasteiger partial charge in [-0.25, -0.2) is 0 Å². The predicted molar refractivity (Wildman–Crippen MR) is 28.7 cm³/mol. The topological polar surface area (TPSA) is 37.3 Å². The van der Waals surface area contributed by atoms with Gasteiger partial charge in [-0.3, -0.25) is 0 Å². The SMILES string of the molecule is C=C(C[SeH])C(=O)O. The predicted octanol–water partition coefficient (Wildman–Crippen LogP) is -0.0537. The van der Waals surface area contributed by atoms with Gasteiger partial charge in [0.05, 0.1) is 0 Å². The first-order chi connectivity index (χ1) is 3.18. The van der Waals surface area contributed by atoms with Crippen LogP contribution in [0.5, 0.6) is 0 Å². The van der Waals surface area contributed by atoms with Gasteiger partial charge in [-0.15, -0.1) is 0 Å². The Kier molecular flexibility index (Phi) is 2.72. The molecule has 1 N–H and O–H groups in total. The van der Waals surface area contributed by atoms with Crippen LogP contribution in [-0.2, 0) is 4.79 Å². The zero-order valence-electron chi connectivity index (χ0n) is 3.72. The third kappa shape index (κ3) is 2.43. The van der Waals surface area contributed by atoms with Crippen molar-refractivity contribution in [1.29, 1.82) is 0 Å². The molecule has 0 atom stereocenters. The summed E-state index contributed by atoms with van der Waals surface area (Å²) in [5.74, 6) is -0.916. The molecule has 0 amide bonds. The summed E-state index contributed by atoms with van der Waals surface area (Å²) in [6.45, 7) is 3.26. The first-order valence-corrected chi connectivity index (χ1v) is 3.03. The standard InChI is InChI=1S/C4H6O2Se/c1-3(2-7)4(5)6/h7H,1-2H2,(H,5,6). The van der Waals surface area contributed by atoms with Crippen molar-refractivity contribution in [2.75, 3.05) is 0 Å². The molecule has 0 aliphatic rings. The summed E-state index contributed by atoms with van der Waals surface area (Å²) in [4.78, 5) is 9.82. The van der Waals surface area contributed by atoms with Crippen molar-refractivity contribution in [3.63, 3.8) is 0 Å². The molecule has 3 heteroatoms. The number of carbonyl (C=O) groups is 1. The third-order valence-corrected chi connectivity index (χ3v) is 1.29. The summed E-state index contributed by atoms with van der Waals surface area (Å²) in [6, 6.07) is 0. The maximum absolute atomic E-state index is 9.82. The van der Waals surface area contributed by atoms with E-state index >= 15 is 0 Å². The fourth-order valence-electron chi connectivity index (χ4n) is 0.0676. The first kappa shape index (κ1) is 6.73. The Labute approximate surface area is 50.0 Å². The van der Waals surface area contributed by atoms with Crippen molar-refractivity contribution < 1.29 is 9.90 Å². The summed E-state index contributed by atoms with van der Waals surface area (Å²) < 4.78 is 0. The molecule has 2 nitrogen and oxygen atoms in total. The van der Waals surface area contributed by atoms with Crippen molar-refractivity contribution in [3.05, 3.63) is 12.2 Å². The van der Waals surface area contributed by atoms with Gasteiger partial charge in [0.2, 0.25) is 0 Å². The quantitative estimate of drug-likeness (QED) is 0.460. The van der Waals surface area contributed by atoms with Crippen LogP contribution >= 0.6 is 0 Å². The number of rotatable bonds is 2. The normalized spacial score (nSPS) is 8.14. The van der Waals surface area contributed by atoms with Gasteiger partial charge >= 0.3 is 49.4 Å². The number of carboxylic acid groups (broad SMARTS) is 1. The average molecular weight is 165 g/mol. The second kappa shape index (κ2) is 2.83. The molecule has 0 bridgehead atoms. The Hall–Kier alpha value is -0.271. The monoisotopic (exact) mass is 166 g/mol. The van der Waals surface area contributed by atoms with E-state index < -0.39 is 5.97 Å². The minimum absolute atomic E-state index is 0.236. The zero-order chi connectivity index (χ0) is 5.86. The van der Waals surface area contributed by atoms with Crippen LogP contribution in [0.3, 0.4) is 0 Å². The molecule has 0 aliphatic carbocycles. The number of carboxylic acids is 1. The molecule has 0 aliphatic heterocycles. The second-order valence-electron chi connectivity index (χ2n) is 1.07. The van der Waals surface area contributed by atoms with Crippen LogP contribution in [0.15, 0.2) is 12.2 Å². The van der Waals surface area contributed by atoms with Crippen LogP contribution in [0.1, 0.15) is 0 Å². The van der Waals surface area contributed by atoms with Gasteiger partial charge in [-0.1, -0.05) is 0 Å². The molecule has 0 aromatic rings. The van der Waals surface area contributed by atoms with Crippen molar-refractivity contribution in [3.8, 4) is 0 Å². The fraction of sp³-hybridized carbons (Fsp3) is 0.250. The molecule has 0 spiro atoms. The molecule has 0 unspecified atom stereocenters. The van der Waals surface area contributed by atoms with E-state index in [9.17, 15) is 4.79 Å². The molecule has 0 fully saturated rings. The van der Waals surface area contributed by atoms with Crippen LogP contribution in [0.2, 0.25) is 5.32 Å². The van der Waals surface area contributed by atoms with Crippen LogP contribution < -0.4 is 0 Å². The molecular weight excluding hydrogens is 159 g/mol. The van der Waals surface area contributed by atoms with Gasteiger partial charge in [-0.2, -0.15) is 0 Å². The number of hydrogen-bond donors (Lipinski definition) is 1. The second-order valence-corrected chi connectivity index (χ2v) is 1.73. The van der Waals surface area contributed by atoms with E-state index in [-0.39, 0.29) is 5.57 Å². The summed E-state index contributed by atoms with van der Waals surface area (Å²) in [6.07, 6.45) is 0. The van der Waals surface area contributed by atoms with Gasteiger partial charge in [0.15, 0.2) is 0 Å². The van der Waals surface area contributed by atoms with Gasteiger partial charge in [0.25, 0.3) is 0 Å². The van der Waals surface area contributed by atoms with Crippen molar-refractivity contribution in [2.45, 2.75) is 5.32 Å². The fourth-order valence-corrected chi connectivity index (χ4v) is 0.351. The molecule has 0 heterocycles. The summed E-state index contributed by atoms with van der Waals surface area (Å²) >= 11 is 2.15. The van der Waals surface area contributed by atoms with E-state index in [0.717, 1.165) is 0 Å². The van der Waals surface area contributed by atoms with Gasteiger partial charge in [-0.05, 0) is 0 Å². The Morgan fingerprint density at radius 1 is 1.86 bits per heavy atom. The van der Waals surface area contributed by atoms with Gasteiger partial charge in [0.1, 0.15) is 0 Å². The Balaban J connectivity index is 3.58. The molecule has 0 saturated heterocycles. The molecule has 0 radical (unpaired) electrons. The summed E-state index contributed by atoms with van der Waals surface area (Å²) in [5, 5.41) is 8.53. The van der Waals surface area contributed by atoms with E-state index in [0.29, 0.717) is 5.32 Å². The van der Waals surface area contributed by atoms with Crippen molar-refractivity contribution >= 4 is 22.0 Å². The maximum atomic E-state index is 9.82. The molecule has 0 aromatic heterocycles. The van der Waals surface area contributed by atoms with Crippen LogP contribution in [0.4, 0.5) is 0 Å². The van der Waals surface area contributed by atoms with E-state index in [1.165, 1.54) is 0 Å². The molecule has 0 aromatic carbocycles. The Morgan fingerprint density at radius 2 is 2.29 bits per heavy atom. The summed E-state index contributed by atoms with van der Waals surface area (Å²) in [7, 11) is 0. The Bertz CT molecular complexity index is 97.9. The van der Waals surface area contributed by atoms with Crippen LogP contribution in [0, 0.1) is 0 Å². The number of aliphatic carboxylic acids is 1. The number of hydrogen-bond acceptors (Lipinski definition) is 1. The third-order valence-electron chi connectivity index (χ3n) is 0.493. The molecular formula is C4H6O2Se. The van der Waals surface area contributed by atoms with E-state index in [1.54, 1.807) is 0 Å².